The Morgan fingerprint density at radius 3 is 2.43 bits per heavy atom. The molecule has 0 amide bonds. The number of esters is 2. The first-order valence-electron chi connectivity index (χ1n) is 10.9. The van der Waals surface area contributed by atoms with Gasteiger partial charge in [0.15, 0.2) is 4.80 Å². The predicted molar refractivity (Wildman–Crippen MR) is 136 cm³/mol. The van der Waals surface area contributed by atoms with Crippen molar-refractivity contribution in [3.05, 3.63) is 90.6 Å². The second kappa shape index (κ2) is 10.5. The van der Waals surface area contributed by atoms with E-state index in [-0.39, 0.29) is 12.2 Å². The lowest BCUT2D eigenvalue weighted by Gasteiger charge is -2.24. The van der Waals surface area contributed by atoms with Gasteiger partial charge in [0, 0.05) is 11.8 Å². The molecular weight excluding hydrogens is 484 g/mol. The predicted octanol–water partition coefficient (Wildman–Crippen LogP) is 3.45. The molecule has 0 N–H and O–H groups in total. The quantitative estimate of drug-likeness (QED) is 0.288. The van der Waals surface area contributed by atoms with Crippen LogP contribution in [0.1, 0.15) is 37.9 Å². The van der Waals surface area contributed by atoms with Crippen LogP contribution < -0.4 is 19.6 Å². The number of nitrogens with zero attached hydrogens (tertiary/aromatic N) is 2. The Hall–Kier alpha value is -3.43. The van der Waals surface area contributed by atoms with Crippen molar-refractivity contribution in [3.8, 4) is 5.75 Å². The van der Waals surface area contributed by atoms with Crippen molar-refractivity contribution < 1.29 is 19.1 Å². The van der Waals surface area contributed by atoms with Gasteiger partial charge in [-0.2, -0.15) is 0 Å². The standard InChI is InChI=1S/C26H24N2O5S2/c1-5-32-25(31)22-15(2)27-26-28(23(22)18-8-12-20(34-4)13-9-18)24(30)21(35-26)14-17-6-10-19(11-7-17)33-16(3)29/h6-14,23H,5H2,1-4H3. The van der Waals surface area contributed by atoms with Crippen LogP contribution in [-0.4, -0.2) is 29.4 Å². The van der Waals surface area contributed by atoms with Gasteiger partial charge < -0.3 is 9.47 Å². The molecule has 1 atom stereocenters. The van der Waals surface area contributed by atoms with Crippen LogP contribution >= 0.6 is 23.1 Å². The summed E-state index contributed by atoms with van der Waals surface area (Å²) in [6, 6.07) is 14.0. The molecule has 7 nitrogen and oxygen atoms in total. The molecule has 1 unspecified atom stereocenters. The monoisotopic (exact) mass is 508 g/mol. The van der Waals surface area contributed by atoms with Crippen molar-refractivity contribution in [3.63, 3.8) is 0 Å². The van der Waals surface area contributed by atoms with Gasteiger partial charge in [-0.25, -0.2) is 9.79 Å². The van der Waals surface area contributed by atoms with E-state index in [9.17, 15) is 14.4 Å². The van der Waals surface area contributed by atoms with Crippen molar-refractivity contribution in [1.29, 1.82) is 0 Å². The molecule has 0 fully saturated rings. The molecule has 0 spiro atoms. The highest BCUT2D eigenvalue weighted by Crippen LogP contribution is 2.31. The van der Waals surface area contributed by atoms with E-state index in [1.54, 1.807) is 60.5 Å². The largest absolute Gasteiger partial charge is 0.463 e. The molecule has 2 aromatic carbocycles. The van der Waals surface area contributed by atoms with Crippen LogP contribution in [0.5, 0.6) is 5.75 Å². The second-order valence-corrected chi connectivity index (χ2v) is 9.63. The van der Waals surface area contributed by atoms with Crippen LogP contribution in [0.2, 0.25) is 0 Å². The van der Waals surface area contributed by atoms with Crippen LogP contribution in [0.25, 0.3) is 6.08 Å². The highest BCUT2D eigenvalue weighted by Gasteiger charge is 2.33. The van der Waals surface area contributed by atoms with E-state index >= 15 is 0 Å². The molecule has 0 aliphatic carbocycles. The Morgan fingerprint density at radius 2 is 1.83 bits per heavy atom. The zero-order chi connectivity index (χ0) is 25.1. The summed E-state index contributed by atoms with van der Waals surface area (Å²) in [4.78, 5) is 43.9. The van der Waals surface area contributed by atoms with Gasteiger partial charge in [0.1, 0.15) is 5.75 Å². The maximum absolute atomic E-state index is 13.6. The molecule has 180 valence electrons. The first-order chi connectivity index (χ1) is 16.8. The molecule has 1 aliphatic rings. The summed E-state index contributed by atoms with van der Waals surface area (Å²) in [6.45, 7) is 5.08. The number of rotatable bonds is 6. The average Bonchev–Trinajstić information content (AvgIpc) is 3.13. The minimum absolute atomic E-state index is 0.224. The number of benzene rings is 2. The summed E-state index contributed by atoms with van der Waals surface area (Å²) in [5.41, 5.74) is 2.22. The third-order valence-electron chi connectivity index (χ3n) is 5.39. The number of hydrogen-bond donors (Lipinski definition) is 0. The smallest absolute Gasteiger partial charge is 0.338 e. The third-order valence-corrected chi connectivity index (χ3v) is 7.11. The molecule has 0 saturated carbocycles. The van der Waals surface area contributed by atoms with E-state index in [4.69, 9.17) is 9.47 Å². The molecule has 1 aliphatic heterocycles. The third kappa shape index (κ3) is 5.16. The summed E-state index contributed by atoms with van der Waals surface area (Å²) in [6.07, 6.45) is 3.75. The number of fused-ring (bicyclic) bond motifs is 1. The number of allylic oxidation sites excluding steroid dienone is 1. The Bertz CT molecular complexity index is 1480. The first-order valence-corrected chi connectivity index (χ1v) is 13.0. The normalized spacial score (nSPS) is 15.4. The fourth-order valence-electron chi connectivity index (χ4n) is 3.84. The van der Waals surface area contributed by atoms with Crippen LogP contribution in [0.15, 0.2) is 74.5 Å². The van der Waals surface area contributed by atoms with Crippen molar-refractivity contribution in [2.45, 2.75) is 31.7 Å². The van der Waals surface area contributed by atoms with Gasteiger partial charge in [0.05, 0.1) is 28.5 Å². The topological polar surface area (TPSA) is 87.0 Å². The van der Waals surface area contributed by atoms with Crippen molar-refractivity contribution in [2.75, 3.05) is 12.9 Å². The minimum atomic E-state index is -0.644. The van der Waals surface area contributed by atoms with Gasteiger partial charge in [0.25, 0.3) is 5.56 Å². The summed E-state index contributed by atoms with van der Waals surface area (Å²) in [5, 5.41) is 0. The Kier molecular flexibility index (Phi) is 7.37. The lowest BCUT2D eigenvalue weighted by atomic mass is 9.96. The molecular formula is C26H24N2O5S2. The van der Waals surface area contributed by atoms with E-state index in [0.29, 0.717) is 26.4 Å². The highest BCUT2D eigenvalue weighted by atomic mass is 32.2. The number of ether oxygens (including phenoxy) is 2. The Morgan fingerprint density at radius 1 is 1.14 bits per heavy atom. The Balaban J connectivity index is 1.85. The van der Waals surface area contributed by atoms with E-state index in [1.165, 1.54) is 18.3 Å². The van der Waals surface area contributed by atoms with Gasteiger partial charge in [-0.1, -0.05) is 35.6 Å². The molecule has 1 aromatic heterocycles. The number of thiazole rings is 1. The van der Waals surface area contributed by atoms with Crippen LogP contribution in [0.3, 0.4) is 0 Å². The summed E-state index contributed by atoms with van der Waals surface area (Å²) >= 11 is 2.88. The van der Waals surface area contributed by atoms with Crippen LogP contribution in [-0.2, 0) is 14.3 Å². The molecule has 3 aromatic rings. The summed E-state index contributed by atoms with van der Waals surface area (Å²) in [5.74, 6) is -0.452. The second-order valence-electron chi connectivity index (χ2n) is 7.74. The highest BCUT2D eigenvalue weighted by molar-refractivity contribution is 7.98. The van der Waals surface area contributed by atoms with E-state index in [0.717, 1.165) is 16.0 Å². The number of carbonyl (C=O) groups is 2. The molecule has 2 heterocycles. The minimum Gasteiger partial charge on any atom is -0.463 e. The lowest BCUT2D eigenvalue weighted by molar-refractivity contribution is -0.139. The van der Waals surface area contributed by atoms with E-state index < -0.39 is 18.0 Å². The van der Waals surface area contributed by atoms with Crippen molar-refractivity contribution in [2.24, 2.45) is 4.99 Å². The molecule has 4 rings (SSSR count). The molecule has 0 saturated heterocycles. The zero-order valence-electron chi connectivity index (χ0n) is 19.7. The first kappa shape index (κ1) is 24.7. The van der Waals surface area contributed by atoms with Crippen LogP contribution in [0, 0.1) is 0 Å². The van der Waals surface area contributed by atoms with Crippen LogP contribution in [0.4, 0.5) is 0 Å². The number of carbonyl (C=O) groups excluding carboxylic acids is 2. The average molecular weight is 509 g/mol. The molecule has 0 bridgehead atoms. The van der Waals surface area contributed by atoms with Gasteiger partial charge >= 0.3 is 11.9 Å². The van der Waals surface area contributed by atoms with Gasteiger partial charge in [0.2, 0.25) is 0 Å². The lowest BCUT2D eigenvalue weighted by Crippen LogP contribution is -2.39. The van der Waals surface area contributed by atoms with Gasteiger partial charge in [-0.05, 0) is 61.6 Å². The summed E-state index contributed by atoms with van der Waals surface area (Å²) < 4.78 is 12.4. The maximum Gasteiger partial charge on any atom is 0.338 e. The molecule has 35 heavy (non-hydrogen) atoms. The maximum atomic E-state index is 13.6. The van der Waals surface area contributed by atoms with Gasteiger partial charge in [-0.15, -0.1) is 11.8 Å². The van der Waals surface area contributed by atoms with Crippen molar-refractivity contribution in [1.82, 2.24) is 4.57 Å². The fraction of sp³-hybridized carbons (Fsp3) is 0.231. The molecule has 9 heteroatoms. The van der Waals surface area contributed by atoms with E-state index in [1.807, 2.05) is 30.5 Å². The zero-order valence-corrected chi connectivity index (χ0v) is 21.4. The van der Waals surface area contributed by atoms with Crippen molar-refractivity contribution >= 4 is 41.1 Å². The number of hydrogen-bond acceptors (Lipinski definition) is 8. The number of aromatic nitrogens is 1. The SMILES string of the molecule is CCOC(=O)C1=C(C)N=c2sc(=Cc3ccc(OC(C)=O)cc3)c(=O)n2C1c1ccc(SC)cc1. The fourth-order valence-corrected chi connectivity index (χ4v) is 5.30. The number of thioether (sulfide) groups is 1. The molecule has 0 radical (unpaired) electrons. The summed E-state index contributed by atoms with van der Waals surface area (Å²) in [7, 11) is 0. The van der Waals surface area contributed by atoms with E-state index in [2.05, 4.69) is 4.99 Å². The van der Waals surface area contributed by atoms with Gasteiger partial charge in [-0.3, -0.25) is 14.2 Å². The Labute approximate surface area is 210 Å².